The number of carbonyl (C=O) groups is 1. The van der Waals surface area contributed by atoms with Gasteiger partial charge in [-0.1, -0.05) is 0 Å². The molecule has 0 amide bonds. The number of benzene rings is 1. The summed E-state index contributed by atoms with van der Waals surface area (Å²) in [6.45, 7) is 1.67. The van der Waals surface area contributed by atoms with Crippen LogP contribution in [0.4, 0.5) is 11.5 Å². The molecule has 8 nitrogen and oxygen atoms in total. The Hall–Kier alpha value is -3.03. The van der Waals surface area contributed by atoms with Crippen LogP contribution >= 0.6 is 0 Å². The molecular weight excluding hydrogens is 324 g/mol. The minimum absolute atomic E-state index is 0.0675. The van der Waals surface area contributed by atoms with Crippen molar-refractivity contribution in [2.45, 2.75) is 12.5 Å². The van der Waals surface area contributed by atoms with Gasteiger partial charge in [0.15, 0.2) is 5.69 Å². The number of carboxylic acid groups (broad SMARTS) is 1. The molecule has 25 heavy (non-hydrogen) atoms. The molecule has 132 valence electrons. The van der Waals surface area contributed by atoms with Crippen LogP contribution in [-0.4, -0.2) is 54.4 Å². The Labute approximate surface area is 145 Å². The van der Waals surface area contributed by atoms with Gasteiger partial charge >= 0.3 is 5.97 Å². The summed E-state index contributed by atoms with van der Waals surface area (Å²) < 4.78 is 10.6. The number of anilines is 2. The average Bonchev–Trinajstić information content (AvgIpc) is 3.10. The second-order valence-electron chi connectivity index (χ2n) is 5.74. The monoisotopic (exact) mass is 344 g/mol. The molecule has 1 unspecified atom stereocenters. The molecule has 0 bridgehead atoms. The van der Waals surface area contributed by atoms with E-state index in [9.17, 15) is 4.79 Å². The minimum Gasteiger partial charge on any atom is -0.497 e. The second-order valence-corrected chi connectivity index (χ2v) is 5.74. The van der Waals surface area contributed by atoms with Crippen molar-refractivity contribution in [3.63, 3.8) is 0 Å². The predicted octanol–water partition coefficient (Wildman–Crippen LogP) is 1.88. The van der Waals surface area contributed by atoms with E-state index in [1.165, 1.54) is 12.4 Å². The average molecular weight is 344 g/mol. The molecule has 0 spiro atoms. The number of nitrogens with zero attached hydrogens (tertiary/aromatic N) is 3. The molecule has 2 N–H and O–H groups in total. The molecule has 1 saturated heterocycles. The number of hydrogen-bond acceptors (Lipinski definition) is 7. The van der Waals surface area contributed by atoms with Crippen molar-refractivity contribution >= 4 is 17.5 Å². The van der Waals surface area contributed by atoms with E-state index < -0.39 is 5.97 Å². The zero-order chi connectivity index (χ0) is 17.8. The number of nitrogens with one attached hydrogen (secondary N) is 1. The smallest absolute Gasteiger partial charge is 0.356 e. The lowest BCUT2D eigenvalue weighted by atomic mass is 10.2. The van der Waals surface area contributed by atoms with Crippen LogP contribution in [0.2, 0.25) is 0 Å². The van der Waals surface area contributed by atoms with Crippen molar-refractivity contribution in [1.29, 1.82) is 0 Å². The molecular formula is C17H20N4O4. The van der Waals surface area contributed by atoms with E-state index in [1.54, 1.807) is 14.2 Å². The van der Waals surface area contributed by atoms with Crippen LogP contribution in [0.1, 0.15) is 16.9 Å². The Morgan fingerprint density at radius 1 is 1.20 bits per heavy atom. The fourth-order valence-corrected chi connectivity index (χ4v) is 2.81. The van der Waals surface area contributed by atoms with Crippen molar-refractivity contribution < 1.29 is 19.4 Å². The number of ether oxygens (including phenoxy) is 2. The molecule has 0 radical (unpaired) electrons. The number of aromatic carboxylic acids is 1. The fourth-order valence-electron chi connectivity index (χ4n) is 2.81. The Balaban J connectivity index is 1.66. The van der Waals surface area contributed by atoms with Crippen LogP contribution < -0.4 is 19.7 Å². The standard InChI is InChI=1S/C17H20N4O4/c1-24-13-5-12(6-14(7-13)25-2)21-4-3-11(10-21)20-16-9-18-15(8-19-16)17(22)23/h5-9,11H,3-4,10H2,1-2H3,(H,19,20)(H,22,23). The van der Waals surface area contributed by atoms with Gasteiger partial charge in [-0.25, -0.2) is 14.8 Å². The summed E-state index contributed by atoms with van der Waals surface area (Å²) >= 11 is 0. The highest BCUT2D eigenvalue weighted by Crippen LogP contribution is 2.30. The lowest BCUT2D eigenvalue weighted by Gasteiger charge is -2.20. The van der Waals surface area contributed by atoms with Gasteiger partial charge in [-0.2, -0.15) is 0 Å². The third-order valence-corrected chi connectivity index (χ3v) is 4.11. The molecule has 0 aliphatic carbocycles. The largest absolute Gasteiger partial charge is 0.497 e. The molecule has 1 aliphatic heterocycles. The maximum atomic E-state index is 10.8. The van der Waals surface area contributed by atoms with Gasteiger partial charge in [0, 0.05) is 43.0 Å². The van der Waals surface area contributed by atoms with Gasteiger partial charge in [-0.3, -0.25) is 0 Å². The van der Waals surface area contributed by atoms with Crippen molar-refractivity contribution in [3.8, 4) is 11.5 Å². The zero-order valence-corrected chi connectivity index (χ0v) is 14.1. The van der Waals surface area contributed by atoms with Gasteiger partial charge in [0.25, 0.3) is 0 Å². The fraction of sp³-hybridized carbons (Fsp3) is 0.353. The van der Waals surface area contributed by atoms with E-state index in [0.29, 0.717) is 5.82 Å². The number of methoxy groups -OCH3 is 2. The van der Waals surface area contributed by atoms with Crippen LogP contribution in [0.15, 0.2) is 30.6 Å². The Morgan fingerprint density at radius 2 is 1.92 bits per heavy atom. The van der Waals surface area contributed by atoms with Crippen LogP contribution in [0, 0.1) is 0 Å². The number of hydrogen-bond donors (Lipinski definition) is 2. The molecule has 1 aromatic carbocycles. The second kappa shape index (κ2) is 7.25. The molecule has 0 saturated carbocycles. The molecule has 2 heterocycles. The van der Waals surface area contributed by atoms with Gasteiger partial charge in [0.2, 0.25) is 0 Å². The first kappa shape index (κ1) is 16.8. The van der Waals surface area contributed by atoms with Gasteiger partial charge < -0.3 is 24.8 Å². The molecule has 8 heteroatoms. The first-order valence-electron chi connectivity index (χ1n) is 7.89. The van der Waals surface area contributed by atoms with Crippen LogP contribution in [0.5, 0.6) is 11.5 Å². The third kappa shape index (κ3) is 3.90. The van der Waals surface area contributed by atoms with Gasteiger partial charge in [0.1, 0.15) is 17.3 Å². The van der Waals surface area contributed by atoms with E-state index in [4.69, 9.17) is 14.6 Å². The molecule has 1 aromatic heterocycles. The lowest BCUT2D eigenvalue weighted by Crippen LogP contribution is -2.26. The lowest BCUT2D eigenvalue weighted by molar-refractivity contribution is 0.0690. The number of rotatable bonds is 6. The zero-order valence-electron chi connectivity index (χ0n) is 14.1. The molecule has 1 aliphatic rings. The summed E-state index contributed by atoms with van der Waals surface area (Å²) in [5, 5.41) is 12.1. The van der Waals surface area contributed by atoms with E-state index in [0.717, 1.165) is 36.7 Å². The first-order valence-corrected chi connectivity index (χ1v) is 7.89. The SMILES string of the molecule is COc1cc(OC)cc(N2CCC(Nc3cnc(C(=O)O)cn3)C2)c1. The molecule has 2 aromatic rings. The molecule has 3 rings (SSSR count). The molecule has 1 atom stereocenters. The third-order valence-electron chi connectivity index (χ3n) is 4.11. The van der Waals surface area contributed by atoms with Gasteiger partial charge in [0.05, 0.1) is 26.6 Å². The van der Waals surface area contributed by atoms with Crippen molar-refractivity contribution in [1.82, 2.24) is 9.97 Å². The minimum atomic E-state index is -1.09. The van der Waals surface area contributed by atoms with Crippen LogP contribution in [-0.2, 0) is 0 Å². The highest BCUT2D eigenvalue weighted by Gasteiger charge is 2.24. The van der Waals surface area contributed by atoms with Crippen molar-refractivity contribution in [2.75, 3.05) is 37.5 Å². The van der Waals surface area contributed by atoms with Crippen LogP contribution in [0.25, 0.3) is 0 Å². The van der Waals surface area contributed by atoms with E-state index >= 15 is 0 Å². The summed E-state index contributed by atoms with van der Waals surface area (Å²) in [7, 11) is 3.26. The Bertz CT molecular complexity index is 729. The van der Waals surface area contributed by atoms with E-state index in [-0.39, 0.29) is 11.7 Å². The normalized spacial score (nSPS) is 16.6. The summed E-state index contributed by atoms with van der Waals surface area (Å²) in [6.07, 6.45) is 3.63. The quantitative estimate of drug-likeness (QED) is 0.820. The topological polar surface area (TPSA) is 96.8 Å². The van der Waals surface area contributed by atoms with E-state index in [2.05, 4.69) is 20.2 Å². The highest BCUT2D eigenvalue weighted by molar-refractivity contribution is 5.84. The first-order chi connectivity index (χ1) is 12.1. The summed E-state index contributed by atoms with van der Waals surface area (Å²) in [5.41, 5.74) is 0.967. The maximum absolute atomic E-state index is 10.8. The van der Waals surface area contributed by atoms with Crippen LogP contribution in [0.3, 0.4) is 0 Å². The predicted molar refractivity (Wildman–Crippen MR) is 92.8 cm³/mol. The maximum Gasteiger partial charge on any atom is 0.356 e. The van der Waals surface area contributed by atoms with E-state index in [1.807, 2.05) is 18.2 Å². The van der Waals surface area contributed by atoms with Crippen molar-refractivity contribution in [3.05, 3.63) is 36.3 Å². The van der Waals surface area contributed by atoms with Crippen molar-refractivity contribution in [2.24, 2.45) is 0 Å². The van der Waals surface area contributed by atoms with Gasteiger partial charge in [-0.15, -0.1) is 0 Å². The van der Waals surface area contributed by atoms with Gasteiger partial charge in [-0.05, 0) is 6.42 Å². The summed E-state index contributed by atoms with van der Waals surface area (Å²) in [4.78, 5) is 21.0. The number of aromatic nitrogens is 2. The summed E-state index contributed by atoms with van der Waals surface area (Å²) in [6, 6.07) is 6.00. The summed E-state index contributed by atoms with van der Waals surface area (Å²) in [5.74, 6) is 0.986. The molecule has 1 fully saturated rings. The Kier molecular flexibility index (Phi) is 4.87. The highest BCUT2D eigenvalue weighted by atomic mass is 16.5. The number of carboxylic acids is 1. The Morgan fingerprint density at radius 3 is 2.48 bits per heavy atom.